The predicted octanol–water partition coefficient (Wildman–Crippen LogP) is 1.93. The number of hydrogen-bond acceptors (Lipinski definition) is 2. The van der Waals surface area contributed by atoms with Crippen LogP contribution in [-0.2, 0) is 0 Å². The molecule has 0 rings (SSSR count). The van der Waals surface area contributed by atoms with Gasteiger partial charge in [0.2, 0.25) is 0 Å². The molecule has 0 N–H and O–H groups in total. The van der Waals surface area contributed by atoms with E-state index in [0.29, 0.717) is 5.92 Å². The molecular formula is C8H14N2. The zero-order valence-electron chi connectivity index (χ0n) is 6.83. The second kappa shape index (κ2) is 4.91. The van der Waals surface area contributed by atoms with Gasteiger partial charge in [-0.25, -0.2) is 0 Å². The van der Waals surface area contributed by atoms with Crippen LogP contribution in [0.25, 0.3) is 0 Å². The van der Waals surface area contributed by atoms with Gasteiger partial charge >= 0.3 is 0 Å². The van der Waals surface area contributed by atoms with Gasteiger partial charge in [-0.3, -0.25) is 9.98 Å². The van der Waals surface area contributed by atoms with Gasteiger partial charge in [0.1, 0.15) is 0 Å². The van der Waals surface area contributed by atoms with E-state index >= 15 is 0 Å². The number of rotatable bonds is 3. The molecule has 0 spiro atoms. The minimum Gasteiger partial charge on any atom is -0.291 e. The quantitative estimate of drug-likeness (QED) is 0.532. The van der Waals surface area contributed by atoms with Gasteiger partial charge < -0.3 is 0 Å². The highest BCUT2D eigenvalue weighted by molar-refractivity contribution is 6.31. The molecule has 0 radical (unpaired) electrons. The fourth-order valence-electron chi connectivity index (χ4n) is 0.594. The first-order chi connectivity index (χ1) is 4.72. The summed E-state index contributed by atoms with van der Waals surface area (Å²) in [6, 6.07) is 0. The molecular weight excluding hydrogens is 124 g/mol. The van der Waals surface area contributed by atoms with E-state index in [4.69, 9.17) is 0 Å². The van der Waals surface area contributed by atoms with Crippen LogP contribution in [0.4, 0.5) is 0 Å². The van der Waals surface area contributed by atoms with Crippen molar-refractivity contribution < 1.29 is 0 Å². The third kappa shape index (κ3) is 3.17. The van der Waals surface area contributed by atoms with E-state index in [1.54, 1.807) is 13.3 Å². The third-order valence-corrected chi connectivity index (χ3v) is 1.16. The summed E-state index contributed by atoms with van der Waals surface area (Å²) in [5.74, 6) is 0.439. The molecule has 10 heavy (non-hydrogen) atoms. The van der Waals surface area contributed by atoms with Crippen molar-refractivity contribution in [3.8, 4) is 0 Å². The van der Waals surface area contributed by atoms with Gasteiger partial charge in [0.05, 0.1) is 5.71 Å². The zero-order chi connectivity index (χ0) is 7.98. The summed E-state index contributed by atoms with van der Waals surface area (Å²) in [5, 5.41) is 0. The number of hydrogen-bond donors (Lipinski definition) is 0. The average molecular weight is 138 g/mol. The van der Waals surface area contributed by atoms with Crippen molar-refractivity contribution in [1.82, 2.24) is 0 Å². The molecule has 0 atom stereocenters. The van der Waals surface area contributed by atoms with E-state index < -0.39 is 0 Å². The van der Waals surface area contributed by atoms with Gasteiger partial charge in [-0.1, -0.05) is 20.4 Å². The minimum absolute atomic E-state index is 0.439. The summed E-state index contributed by atoms with van der Waals surface area (Å²) in [7, 11) is 1.77. The van der Waals surface area contributed by atoms with Gasteiger partial charge in [-0.2, -0.15) is 0 Å². The Balaban J connectivity index is 4.10. The Hall–Kier alpha value is -0.920. The van der Waals surface area contributed by atoms with Gasteiger partial charge in [-0.05, 0) is 5.92 Å². The molecule has 0 aromatic carbocycles. The Kier molecular flexibility index (Phi) is 4.46. The van der Waals surface area contributed by atoms with Crippen LogP contribution < -0.4 is 0 Å². The molecule has 0 fully saturated rings. The molecule has 0 saturated carbocycles. The smallest absolute Gasteiger partial charge is 0.0552 e. The highest BCUT2D eigenvalue weighted by atomic mass is 14.7. The van der Waals surface area contributed by atoms with Crippen molar-refractivity contribution in [3.05, 3.63) is 12.8 Å². The molecule has 0 aromatic rings. The monoisotopic (exact) mass is 138 g/mol. The van der Waals surface area contributed by atoms with Crippen LogP contribution in [0.1, 0.15) is 13.8 Å². The maximum absolute atomic E-state index is 4.04. The first-order valence-corrected chi connectivity index (χ1v) is 3.33. The zero-order valence-corrected chi connectivity index (χ0v) is 6.83. The molecule has 0 saturated heterocycles. The largest absolute Gasteiger partial charge is 0.291 e. The van der Waals surface area contributed by atoms with Crippen LogP contribution in [-0.4, -0.2) is 19.0 Å². The Labute approximate surface area is 62.4 Å². The molecule has 0 amide bonds. The second-order valence-electron chi connectivity index (χ2n) is 2.26. The lowest BCUT2D eigenvalue weighted by Crippen LogP contribution is -2.08. The standard InChI is InChI=1S/C8H14N2/c1-5-10-6-8(9-4)7(2)3/h5-7H,1H2,2-4H3. The Morgan fingerprint density at radius 2 is 2.10 bits per heavy atom. The topological polar surface area (TPSA) is 24.7 Å². The molecule has 56 valence electrons. The van der Waals surface area contributed by atoms with Crippen LogP contribution >= 0.6 is 0 Å². The Morgan fingerprint density at radius 3 is 2.40 bits per heavy atom. The molecule has 0 aliphatic rings. The van der Waals surface area contributed by atoms with Crippen molar-refractivity contribution >= 4 is 11.9 Å². The van der Waals surface area contributed by atoms with Crippen LogP contribution in [0, 0.1) is 5.92 Å². The lowest BCUT2D eigenvalue weighted by atomic mass is 10.1. The Bertz CT molecular complexity index is 155. The maximum atomic E-state index is 4.04. The highest BCUT2D eigenvalue weighted by Crippen LogP contribution is 1.93. The van der Waals surface area contributed by atoms with Crippen LogP contribution in [0.15, 0.2) is 22.8 Å². The fourth-order valence-corrected chi connectivity index (χ4v) is 0.594. The summed E-state index contributed by atoms with van der Waals surface area (Å²) < 4.78 is 0. The number of aliphatic imine (C=N–C) groups is 2. The minimum atomic E-state index is 0.439. The van der Waals surface area contributed by atoms with E-state index in [1.165, 1.54) is 6.20 Å². The SMILES string of the molecule is C=CN=CC(=NC)C(C)C. The van der Waals surface area contributed by atoms with Crippen LogP contribution in [0.2, 0.25) is 0 Å². The molecule has 2 heteroatoms. The third-order valence-electron chi connectivity index (χ3n) is 1.16. The summed E-state index contributed by atoms with van der Waals surface area (Å²) in [5.41, 5.74) is 1.000. The van der Waals surface area contributed by atoms with Crippen molar-refractivity contribution in [2.75, 3.05) is 7.05 Å². The maximum Gasteiger partial charge on any atom is 0.0552 e. The van der Waals surface area contributed by atoms with Crippen LogP contribution in [0.5, 0.6) is 0 Å². The molecule has 0 aliphatic carbocycles. The second-order valence-corrected chi connectivity index (χ2v) is 2.26. The van der Waals surface area contributed by atoms with E-state index in [9.17, 15) is 0 Å². The molecule has 0 aromatic heterocycles. The average Bonchev–Trinajstić information content (AvgIpc) is 1.89. The van der Waals surface area contributed by atoms with Gasteiger partial charge in [0.15, 0.2) is 0 Å². The predicted molar refractivity (Wildman–Crippen MR) is 46.9 cm³/mol. The highest BCUT2D eigenvalue weighted by Gasteiger charge is 1.97. The summed E-state index contributed by atoms with van der Waals surface area (Å²) in [6.45, 7) is 7.63. The first kappa shape index (κ1) is 9.08. The Morgan fingerprint density at radius 1 is 1.50 bits per heavy atom. The van der Waals surface area contributed by atoms with Gasteiger partial charge in [0, 0.05) is 19.5 Å². The van der Waals surface area contributed by atoms with Crippen molar-refractivity contribution in [2.24, 2.45) is 15.9 Å². The van der Waals surface area contributed by atoms with E-state index in [-0.39, 0.29) is 0 Å². The van der Waals surface area contributed by atoms with Crippen molar-refractivity contribution in [2.45, 2.75) is 13.8 Å². The van der Waals surface area contributed by atoms with E-state index in [2.05, 4.69) is 30.4 Å². The molecule has 0 bridgehead atoms. The summed E-state index contributed by atoms with van der Waals surface area (Å²) in [6.07, 6.45) is 3.24. The van der Waals surface area contributed by atoms with Crippen LogP contribution in [0.3, 0.4) is 0 Å². The fraction of sp³-hybridized carbons (Fsp3) is 0.500. The lowest BCUT2D eigenvalue weighted by molar-refractivity contribution is 0.893. The van der Waals surface area contributed by atoms with E-state index in [0.717, 1.165) is 5.71 Å². The van der Waals surface area contributed by atoms with Crippen molar-refractivity contribution in [1.29, 1.82) is 0 Å². The molecule has 2 nitrogen and oxygen atoms in total. The molecule has 0 aliphatic heterocycles. The van der Waals surface area contributed by atoms with Crippen molar-refractivity contribution in [3.63, 3.8) is 0 Å². The number of nitrogens with zero attached hydrogens (tertiary/aromatic N) is 2. The summed E-state index contributed by atoms with van der Waals surface area (Å²) in [4.78, 5) is 7.92. The summed E-state index contributed by atoms with van der Waals surface area (Å²) >= 11 is 0. The normalized spacial score (nSPS) is 13.0. The van der Waals surface area contributed by atoms with Gasteiger partial charge in [0.25, 0.3) is 0 Å². The van der Waals surface area contributed by atoms with Gasteiger partial charge in [-0.15, -0.1) is 0 Å². The lowest BCUT2D eigenvalue weighted by Gasteiger charge is -2.00. The molecule has 0 heterocycles. The first-order valence-electron chi connectivity index (χ1n) is 3.33. The van der Waals surface area contributed by atoms with E-state index in [1.807, 2.05) is 0 Å². The molecule has 0 unspecified atom stereocenters.